The Kier molecular flexibility index (Phi) is 5.06. The maximum Gasteiger partial charge on any atom is 0.364 e. The number of anilines is 2. The topological polar surface area (TPSA) is 66.9 Å². The van der Waals surface area contributed by atoms with E-state index in [1.165, 1.54) is 10.1 Å². The van der Waals surface area contributed by atoms with E-state index in [1.807, 2.05) is 6.07 Å². The van der Waals surface area contributed by atoms with Gasteiger partial charge in [-0.3, -0.25) is 13.9 Å². The number of rotatable bonds is 5. The molecule has 154 valence electrons. The molecule has 0 spiro atoms. The summed E-state index contributed by atoms with van der Waals surface area (Å²) in [6.45, 7) is 8.46. The number of hydrogen-bond acceptors (Lipinski definition) is 3. The van der Waals surface area contributed by atoms with Crippen molar-refractivity contribution < 1.29 is 4.57 Å². The van der Waals surface area contributed by atoms with Crippen LogP contribution in [0.2, 0.25) is 0 Å². The second-order valence-corrected chi connectivity index (χ2v) is 8.32. The monoisotopic (exact) mass is 396 g/mol. The first-order chi connectivity index (χ1) is 13.9. The third kappa shape index (κ3) is 3.28. The zero-order chi connectivity index (χ0) is 20.7. The summed E-state index contributed by atoms with van der Waals surface area (Å²) in [7, 11) is 1.74. The van der Waals surface area contributed by atoms with E-state index < -0.39 is 0 Å². The van der Waals surface area contributed by atoms with Crippen molar-refractivity contribution in [2.75, 3.05) is 11.4 Å². The van der Waals surface area contributed by atoms with E-state index >= 15 is 0 Å². The quantitative estimate of drug-likeness (QED) is 0.533. The molecule has 1 aromatic carbocycles. The van der Waals surface area contributed by atoms with Crippen LogP contribution in [-0.2, 0) is 20.1 Å². The van der Waals surface area contributed by atoms with Gasteiger partial charge in [-0.05, 0) is 31.0 Å². The van der Waals surface area contributed by atoms with E-state index in [0.717, 1.165) is 44.0 Å². The van der Waals surface area contributed by atoms with Gasteiger partial charge in [-0.2, -0.15) is 0 Å². The Morgan fingerprint density at radius 2 is 2.03 bits per heavy atom. The highest BCUT2D eigenvalue weighted by molar-refractivity contribution is 5.70. The first-order valence-electron chi connectivity index (χ1n) is 10.5. The van der Waals surface area contributed by atoms with Crippen molar-refractivity contribution in [3.8, 4) is 0 Å². The molecule has 0 bridgehead atoms. The van der Waals surface area contributed by atoms with Crippen LogP contribution < -0.4 is 20.7 Å². The minimum atomic E-state index is -0.257. The molecule has 0 fully saturated rings. The third-order valence-corrected chi connectivity index (χ3v) is 5.82. The molecule has 0 aliphatic carbocycles. The zero-order valence-electron chi connectivity index (χ0n) is 17.7. The van der Waals surface area contributed by atoms with Crippen LogP contribution in [0.25, 0.3) is 11.2 Å². The largest absolute Gasteiger partial charge is 0.364 e. The van der Waals surface area contributed by atoms with Gasteiger partial charge in [0.05, 0.1) is 13.1 Å². The van der Waals surface area contributed by atoms with Gasteiger partial charge in [0.15, 0.2) is 0 Å². The van der Waals surface area contributed by atoms with Gasteiger partial charge in [0.2, 0.25) is 11.2 Å². The molecular formula is C22H30N5O2+. The number of H-pyrrole nitrogens is 1. The van der Waals surface area contributed by atoms with Gasteiger partial charge in [-0.25, -0.2) is 19.2 Å². The Bertz CT molecular complexity index is 1170. The van der Waals surface area contributed by atoms with Crippen LogP contribution in [0.3, 0.4) is 0 Å². The molecule has 1 aliphatic rings. The molecule has 7 nitrogen and oxygen atoms in total. The second-order valence-electron chi connectivity index (χ2n) is 8.32. The molecule has 1 aliphatic heterocycles. The molecule has 3 heterocycles. The van der Waals surface area contributed by atoms with Gasteiger partial charge < -0.3 is 0 Å². The lowest BCUT2D eigenvalue weighted by Crippen LogP contribution is -2.52. The molecule has 2 aromatic heterocycles. The van der Waals surface area contributed by atoms with Gasteiger partial charge >= 0.3 is 11.6 Å². The molecule has 4 rings (SSSR count). The van der Waals surface area contributed by atoms with Crippen LogP contribution in [0, 0.1) is 12.8 Å². The number of benzene rings is 1. The van der Waals surface area contributed by atoms with Crippen molar-refractivity contribution in [1.29, 1.82) is 0 Å². The van der Waals surface area contributed by atoms with Crippen molar-refractivity contribution in [3.63, 3.8) is 0 Å². The number of fused-ring (bicyclic) bond motifs is 3. The average molecular weight is 397 g/mol. The lowest BCUT2D eigenvalue weighted by molar-refractivity contribution is -0.669. The van der Waals surface area contributed by atoms with Crippen molar-refractivity contribution in [2.24, 2.45) is 13.0 Å². The van der Waals surface area contributed by atoms with Crippen molar-refractivity contribution in [2.45, 2.75) is 53.1 Å². The maximum absolute atomic E-state index is 13.3. The summed E-state index contributed by atoms with van der Waals surface area (Å²) in [4.78, 5) is 31.8. The van der Waals surface area contributed by atoms with Gasteiger partial charge in [-0.1, -0.05) is 38.8 Å². The summed E-state index contributed by atoms with van der Waals surface area (Å²) in [5.41, 5.74) is 3.00. The minimum Gasteiger partial charge on any atom is -0.267 e. The molecule has 1 N–H and O–H groups in total. The number of aryl methyl sites for hydroxylation is 2. The van der Waals surface area contributed by atoms with Gasteiger partial charge in [0.25, 0.3) is 5.56 Å². The molecular weight excluding hydrogens is 366 g/mol. The van der Waals surface area contributed by atoms with Crippen LogP contribution in [0.1, 0.15) is 38.7 Å². The summed E-state index contributed by atoms with van der Waals surface area (Å²) in [5, 5.41) is 0. The van der Waals surface area contributed by atoms with Crippen LogP contribution in [-0.4, -0.2) is 20.7 Å². The molecule has 1 atom stereocenters. The van der Waals surface area contributed by atoms with Gasteiger partial charge in [0, 0.05) is 19.5 Å². The number of imidazole rings is 1. The Labute approximate surface area is 170 Å². The Morgan fingerprint density at radius 3 is 2.76 bits per heavy atom. The molecule has 0 amide bonds. The number of nitrogens with one attached hydrogen (secondary N) is 1. The van der Waals surface area contributed by atoms with E-state index in [-0.39, 0.29) is 11.2 Å². The average Bonchev–Trinajstić information content (AvgIpc) is 3.08. The first kappa shape index (κ1) is 19.5. The van der Waals surface area contributed by atoms with Crippen LogP contribution >= 0.6 is 0 Å². The van der Waals surface area contributed by atoms with Crippen LogP contribution in [0.4, 0.5) is 11.6 Å². The highest BCUT2D eigenvalue weighted by Gasteiger charge is 2.35. The lowest BCUT2D eigenvalue weighted by atomic mass is 10.1. The Balaban J connectivity index is 1.93. The summed E-state index contributed by atoms with van der Waals surface area (Å²) >= 11 is 0. The lowest BCUT2D eigenvalue weighted by Gasteiger charge is -2.26. The number of unbranched alkanes of at least 4 members (excludes halogenated alkanes) is 2. The van der Waals surface area contributed by atoms with E-state index in [1.54, 1.807) is 11.6 Å². The molecule has 29 heavy (non-hydrogen) atoms. The fourth-order valence-corrected chi connectivity index (χ4v) is 4.32. The van der Waals surface area contributed by atoms with Crippen molar-refractivity contribution >= 4 is 22.8 Å². The second kappa shape index (κ2) is 7.54. The van der Waals surface area contributed by atoms with Crippen LogP contribution in [0.15, 0.2) is 33.9 Å². The summed E-state index contributed by atoms with van der Waals surface area (Å²) in [6.07, 6.45) is 2.89. The normalized spacial score (nSPS) is 16.4. The molecule has 0 unspecified atom stereocenters. The van der Waals surface area contributed by atoms with Crippen molar-refractivity contribution in [1.82, 2.24) is 14.1 Å². The SMILES string of the molecule is CCCCCn1c(=O)c2c([nH]c3[n+]2C[C@@H](C)CN3c2cccc(C)c2)n(C)c1=O. The van der Waals surface area contributed by atoms with Crippen molar-refractivity contribution in [3.05, 3.63) is 50.7 Å². The van der Waals surface area contributed by atoms with Gasteiger partial charge in [-0.15, -0.1) is 0 Å². The van der Waals surface area contributed by atoms with Crippen LogP contribution in [0.5, 0.6) is 0 Å². The number of nitrogens with zero attached hydrogens (tertiary/aromatic N) is 4. The van der Waals surface area contributed by atoms with E-state index in [0.29, 0.717) is 23.6 Å². The van der Waals surface area contributed by atoms with E-state index in [2.05, 4.69) is 53.4 Å². The van der Waals surface area contributed by atoms with Gasteiger partial charge in [0.1, 0.15) is 5.69 Å². The Hall–Kier alpha value is -2.83. The fourth-order valence-electron chi connectivity index (χ4n) is 4.32. The molecule has 0 radical (unpaired) electrons. The van der Waals surface area contributed by atoms with E-state index in [4.69, 9.17) is 0 Å². The number of aromatic nitrogens is 4. The Morgan fingerprint density at radius 1 is 1.24 bits per heavy atom. The predicted octanol–water partition coefficient (Wildman–Crippen LogP) is 2.60. The minimum absolute atomic E-state index is 0.194. The smallest absolute Gasteiger partial charge is 0.267 e. The summed E-state index contributed by atoms with van der Waals surface area (Å²) in [5.74, 6) is 1.24. The zero-order valence-corrected chi connectivity index (χ0v) is 17.7. The highest BCUT2D eigenvalue weighted by atomic mass is 16.2. The maximum atomic E-state index is 13.3. The molecule has 3 aromatic rings. The number of hydrogen-bond donors (Lipinski definition) is 1. The third-order valence-electron chi connectivity index (χ3n) is 5.82. The molecule has 0 saturated carbocycles. The highest BCUT2D eigenvalue weighted by Crippen LogP contribution is 2.28. The molecule has 0 saturated heterocycles. The standard InChI is InChI=1S/C22H29N5O2/c1-5-6-7-11-25-20(28)18-19(24(4)22(25)29)23-21-26(13-16(3)14-27(18)21)17-10-8-9-15(2)12-17/h8-10,12,16H,5-7,11,13-14H2,1-4H3/p+1/t16-/m0/s1. The number of aromatic amines is 1. The fraction of sp³-hybridized carbons (Fsp3) is 0.500. The summed E-state index contributed by atoms with van der Waals surface area (Å²) in [6, 6.07) is 8.36. The first-order valence-corrected chi connectivity index (χ1v) is 10.5. The van der Waals surface area contributed by atoms with E-state index in [9.17, 15) is 9.59 Å². The summed E-state index contributed by atoms with van der Waals surface area (Å²) < 4.78 is 5.03. The molecule has 7 heteroatoms. The predicted molar refractivity (Wildman–Crippen MR) is 115 cm³/mol.